The second-order valence-corrected chi connectivity index (χ2v) is 27.2. The van der Waals surface area contributed by atoms with E-state index in [0.717, 1.165) is 23.5 Å². The van der Waals surface area contributed by atoms with Crippen molar-refractivity contribution in [1.29, 1.82) is 0 Å². The first-order chi connectivity index (χ1) is 40.4. The molecular weight excluding hydrogens is 1010 g/mol. The van der Waals surface area contributed by atoms with Crippen LogP contribution in [0.4, 0.5) is 17.1 Å². The molecule has 0 saturated heterocycles. The third-order valence-electron chi connectivity index (χ3n) is 20.5. The Morgan fingerprint density at radius 3 is 1.32 bits per heavy atom. The number of hydrogen-bond acceptors (Lipinski definition) is 1. The van der Waals surface area contributed by atoms with Crippen molar-refractivity contribution in [3.05, 3.63) is 294 Å². The summed E-state index contributed by atoms with van der Waals surface area (Å²) in [6.07, 6.45) is 1.13. The van der Waals surface area contributed by atoms with Crippen LogP contribution < -0.4 is 4.90 Å². The molecule has 3 atom stereocenters. The Morgan fingerprint density at radius 1 is 0.321 bits per heavy atom. The fourth-order valence-electron chi connectivity index (χ4n) is 14.8. The predicted octanol–water partition coefficient (Wildman–Crippen LogP) is 22.9. The van der Waals surface area contributed by atoms with Crippen molar-refractivity contribution in [2.75, 3.05) is 4.90 Å². The molecule has 14 rings (SSSR count). The van der Waals surface area contributed by atoms with E-state index in [-0.39, 0.29) is 21.7 Å². The Bertz CT molecular complexity index is 4340. The molecule has 3 unspecified atom stereocenters. The molecule has 0 saturated carbocycles. The van der Waals surface area contributed by atoms with Gasteiger partial charge in [-0.1, -0.05) is 275 Å². The van der Waals surface area contributed by atoms with Crippen molar-refractivity contribution in [1.82, 2.24) is 0 Å². The molecule has 0 bridgehead atoms. The van der Waals surface area contributed by atoms with E-state index in [0.29, 0.717) is 5.92 Å². The van der Waals surface area contributed by atoms with Crippen LogP contribution in [0.3, 0.4) is 0 Å². The maximum absolute atomic E-state index is 2.54. The first-order valence-electron chi connectivity index (χ1n) is 30.4. The van der Waals surface area contributed by atoms with Crippen LogP contribution >= 0.6 is 0 Å². The molecule has 1 spiro atoms. The zero-order chi connectivity index (χ0) is 57.9. The molecule has 0 aliphatic heterocycles. The fourth-order valence-corrected chi connectivity index (χ4v) is 14.8. The van der Waals surface area contributed by atoms with Crippen molar-refractivity contribution in [3.8, 4) is 77.9 Å². The maximum atomic E-state index is 2.54. The first kappa shape index (κ1) is 53.2. The average Bonchev–Trinajstić information content (AvgIpc) is 2.02. The molecule has 3 aliphatic carbocycles. The summed E-state index contributed by atoms with van der Waals surface area (Å²) in [5.41, 5.74) is 30.1. The third kappa shape index (κ3) is 8.32. The smallest absolute Gasteiger partial charge is 0.0725 e. The van der Waals surface area contributed by atoms with Gasteiger partial charge in [-0.3, -0.25) is 0 Å². The predicted molar refractivity (Wildman–Crippen MR) is 357 cm³/mol. The lowest BCUT2D eigenvalue weighted by molar-refractivity contribution is 0.120. The van der Waals surface area contributed by atoms with E-state index in [4.69, 9.17) is 0 Å². The van der Waals surface area contributed by atoms with Crippen molar-refractivity contribution in [2.24, 2.45) is 16.7 Å². The summed E-state index contributed by atoms with van der Waals surface area (Å²) in [6, 6.07) is 96.8. The van der Waals surface area contributed by atoms with Gasteiger partial charge in [0, 0.05) is 22.5 Å². The van der Waals surface area contributed by atoms with Gasteiger partial charge >= 0.3 is 0 Å². The summed E-state index contributed by atoms with van der Waals surface area (Å²) >= 11 is 0. The van der Waals surface area contributed by atoms with Gasteiger partial charge in [-0.05, 0) is 194 Å². The maximum Gasteiger partial charge on any atom is 0.0725 e. The molecule has 412 valence electrons. The number of hydrogen-bond donors (Lipinski definition) is 0. The van der Waals surface area contributed by atoms with Crippen LogP contribution in [0.5, 0.6) is 0 Å². The lowest BCUT2D eigenvalue weighted by atomic mass is 9.58. The van der Waals surface area contributed by atoms with Crippen LogP contribution in [0.1, 0.15) is 115 Å². The van der Waals surface area contributed by atoms with Gasteiger partial charge in [-0.25, -0.2) is 0 Å². The van der Waals surface area contributed by atoms with Crippen molar-refractivity contribution >= 4 is 17.1 Å². The Morgan fingerprint density at radius 2 is 0.726 bits per heavy atom. The molecule has 0 radical (unpaired) electrons. The summed E-state index contributed by atoms with van der Waals surface area (Å²) in [5.74, 6) is 0.563. The number of rotatable bonds is 10. The summed E-state index contributed by atoms with van der Waals surface area (Å²) in [6.45, 7) is 24.1. The number of benzene rings is 11. The topological polar surface area (TPSA) is 3.24 Å². The van der Waals surface area contributed by atoms with E-state index in [1.54, 1.807) is 0 Å². The Balaban J connectivity index is 0.883. The fraction of sp³-hybridized carbons (Fsp3) is 0.205. The Hall–Kier alpha value is -8.78. The zero-order valence-electron chi connectivity index (χ0n) is 50.5. The van der Waals surface area contributed by atoms with E-state index in [1.807, 2.05) is 0 Å². The van der Waals surface area contributed by atoms with Gasteiger partial charge in [0.2, 0.25) is 0 Å². The molecule has 11 aromatic rings. The van der Waals surface area contributed by atoms with Crippen LogP contribution in [0, 0.1) is 16.7 Å². The summed E-state index contributed by atoms with van der Waals surface area (Å²) < 4.78 is 0. The highest BCUT2D eigenvalue weighted by atomic mass is 15.1. The van der Waals surface area contributed by atoms with Gasteiger partial charge < -0.3 is 4.90 Å². The first-order valence-corrected chi connectivity index (χ1v) is 30.4. The molecule has 11 aromatic carbocycles. The minimum absolute atomic E-state index is 0.00261. The molecule has 0 heterocycles. The van der Waals surface area contributed by atoms with Crippen molar-refractivity contribution < 1.29 is 0 Å². The van der Waals surface area contributed by atoms with Crippen molar-refractivity contribution in [3.63, 3.8) is 0 Å². The van der Waals surface area contributed by atoms with Gasteiger partial charge in [0.1, 0.15) is 0 Å². The highest BCUT2D eigenvalue weighted by Gasteiger charge is 2.52. The van der Waals surface area contributed by atoms with E-state index in [9.17, 15) is 0 Å². The van der Waals surface area contributed by atoms with Crippen LogP contribution in [0.25, 0.3) is 77.9 Å². The standard InChI is InChI=1S/C83H75N/c1-54(79(2,3)4)53-82(10,80(5,6)7)61-41-35-57(36-42-61)58-39-46-71-68-30-17-20-33-74(68)83(77(71)50-58)75-34-21-18-31-69(75)72-47-40-60(51-78(72)83)66-28-15-14-27-65(66)59-25-22-26-63(49-59)84(62-43-37-56(38-44-62)55-23-12-11-13-24-55)64-45-48-70-67-29-16-19-32-73(67)81(8,9)76(70)52-64/h11-52,54H,53H2,1-10H3. The van der Waals surface area contributed by atoms with Gasteiger partial charge in [0.05, 0.1) is 5.41 Å². The van der Waals surface area contributed by atoms with Crippen LogP contribution in [0.2, 0.25) is 0 Å². The van der Waals surface area contributed by atoms with E-state index >= 15 is 0 Å². The van der Waals surface area contributed by atoms with Crippen LogP contribution in [-0.4, -0.2) is 0 Å². The van der Waals surface area contributed by atoms with Crippen molar-refractivity contribution in [2.45, 2.75) is 91.9 Å². The zero-order valence-corrected chi connectivity index (χ0v) is 50.5. The second-order valence-electron chi connectivity index (χ2n) is 27.2. The second kappa shape index (κ2) is 19.7. The molecule has 1 heteroatoms. The van der Waals surface area contributed by atoms with E-state index in [2.05, 4.69) is 329 Å². The summed E-state index contributed by atoms with van der Waals surface area (Å²) in [4.78, 5) is 2.45. The molecule has 0 N–H and O–H groups in total. The highest BCUT2D eigenvalue weighted by molar-refractivity contribution is 5.98. The molecule has 0 amide bonds. The molecular formula is C83H75N. The third-order valence-corrected chi connectivity index (χ3v) is 20.5. The summed E-state index contributed by atoms with van der Waals surface area (Å²) in [5, 5.41) is 0. The number of anilines is 3. The lowest BCUT2D eigenvalue weighted by Crippen LogP contribution is -2.40. The van der Waals surface area contributed by atoms with Gasteiger partial charge in [-0.2, -0.15) is 0 Å². The molecule has 0 fully saturated rings. The van der Waals surface area contributed by atoms with Gasteiger partial charge in [0.15, 0.2) is 0 Å². The molecule has 1 nitrogen and oxygen atoms in total. The Kier molecular flexibility index (Phi) is 12.5. The molecule has 84 heavy (non-hydrogen) atoms. The monoisotopic (exact) mass is 1090 g/mol. The SMILES string of the molecule is CC(CC(C)(c1ccc(-c2ccc3c(c2)C2(c4ccccc4-3)c3ccccc3-c3ccc(-c4ccccc4-c4cccc(N(c5ccc(-c6ccccc6)cc5)c5ccc6c(c5)C(C)(C)c5ccccc5-6)c4)cc32)cc1)C(C)(C)C)C(C)(C)C. The largest absolute Gasteiger partial charge is 0.310 e. The van der Waals surface area contributed by atoms with Gasteiger partial charge in [0.25, 0.3) is 0 Å². The molecule has 0 aromatic heterocycles. The Labute approximate surface area is 499 Å². The average molecular weight is 1090 g/mol. The van der Waals surface area contributed by atoms with E-state index < -0.39 is 5.41 Å². The summed E-state index contributed by atoms with van der Waals surface area (Å²) in [7, 11) is 0. The number of nitrogens with zero attached hydrogens (tertiary/aromatic N) is 1. The number of fused-ring (bicyclic) bond motifs is 13. The van der Waals surface area contributed by atoms with E-state index in [1.165, 1.54) is 117 Å². The van der Waals surface area contributed by atoms with Crippen LogP contribution in [-0.2, 0) is 16.2 Å². The molecule has 3 aliphatic rings. The minimum Gasteiger partial charge on any atom is -0.310 e. The van der Waals surface area contributed by atoms with Gasteiger partial charge in [-0.15, -0.1) is 0 Å². The minimum atomic E-state index is -0.519. The quantitative estimate of drug-likeness (QED) is 0.132. The van der Waals surface area contributed by atoms with Crippen LogP contribution in [0.15, 0.2) is 255 Å². The lowest BCUT2D eigenvalue weighted by Gasteiger charge is -2.46. The normalized spacial score (nSPS) is 16.2. The highest BCUT2D eigenvalue weighted by Crippen LogP contribution is 2.64.